The predicted octanol–water partition coefficient (Wildman–Crippen LogP) is 3.10. The number of ketones is 6. The molecule has 9 heteroatoms. The van der Waals surface area contributed by atoms with Crippen molar-refractivity contribution < 1.29 is 60.7 Å². The molecule has 212 valence electrons. The van der Waals surface area contributed by atoms with Gasteiger partial charge in [0.25, 0.3) is 5.78 Å². The van der Waals surface area contributed by atoms with Crippen LogP contribution in [0.15, 0.2) is 96.8 Å². The fourth-order valence-electron chi connectivity index (χ4n) is 3.10. The van der Waals surface area contributed by atoms with Crippen molar-refractivity contribution in [1.29, 1.82) is 0 Å². The van der Waals surface area contributed by atoms with Crippen LogP contribution in [0.3, 0.4) is 0 Å². The zero-order valence-electron chi connectivity index (χ0n) is 23.1. The molecule has 0 unspecified atom stereocenters. The van der Waals surface area contributed by atoms with Crippen molar-refractivity contribution in [2.75, 3.05) is 6.61 Å². The summed E-state index contributed by atoms with van der Waals surface area (Å²) in [6.07, 6.45) is 3.69. The van der Waals surface area contributed by atoms with Crippen molar-refractivity contribution in [2.45, 2.75) is 20.8 Å². The van der Waals surface area contributed by atoms with Crippen LogP contribution in [0, 0.1) is 12.8 Å². The van der Waals surface area contributed by atoms with E-state index in [-0.39, 0.29) is 62.2 Å². The van der Waals surface area contributed by atoms with Crippen molar-refractivity contribution in [3.63, 3.8) is 0 Å². The van der Waals surface area contributed by atoms with Gasteiger partial charge >= 0.3 is 5.76 Å². The van der Waals surface area contributed by atoms with Gasteiger partial charge in [0.1, 0.15) is 6.61 Å². The SMILES string of the molecule is CC(=[OH+])[CH-]C(=[OH+])c1ccccc1.CC(=[OH+])[CH-]C(=[OH+])c1ccccc1.CC[OH2+].O=C1C=C([OH2+])C(=O)c2ccccc21.[Ti]. The number of allylic oxidation sites excluding steroid dienone is 2. The summed E-state index contributed by atoms with van der Waals surface area (Å²) in [5.74, 6) is -0.530. The summed E-state index contributed by atoms with van der Waals surface area (Å²) in [6.45, 7) is 5.32. The van der Waals surface area contributed by atoms with Crippen LogP contribution in [0.25, 0.3) is 0 Å². The molecule has 8 nitrogen and oxygen atoms in total. The third kappa shape index (κ3) is 13.5. The van der Waals surface area contributed by atoms with Gasteiger partial charge in [-0.05, 0) is 18.9 Å². The first-order chi connectivity index (χ1) is 19.0. The molecule has 0 atom stereocenters. The van der Waals surface area contributed by atoms with E-state index in [1.165, 1.54) is 26.7 Å². The summed E-state index contributed by atoms with van der Waals surface area (Å²) < 4.78 is 0. The number of carbonyl (C=O) groups excluding carboxylic acids is 6. The first-order valence-electron chi connectivity index (χ1n) is 12.2. The Labute approximate surface area is 254 Å². The van der Waals surface area contributed by atoms with Gasteiger partial charge in [0.2, 0.25) is 23.1 Å². The molecule has 3 aromatic carbocycles. The Morgan fingerprint density at radius 3 is 1.39 bits per heavy atom. The van der Waals surface area contributed by atoms with Crippen LogP contribution in [-0.2, 0) is 21.7 Å². The van der Waals surface area contributed by atoms with E-state index < -0.39 is 0 Å². The summed E-state index contributed by atoms with van der Waals surface area (Å²) >= 11 is 0. The number of rotatable bonds is 6. The third-order valence-electron chi connectivity index (χ3n) is 4.79. The Kier molecular flexibility index (Phi) is 17.6. The molecule has 3 aromatic rings. The average molecular weight is 596 g/mol. The number of fused-ring (bicyclic) bond motifs is 1. The van der Waals surface area contributed by atoms with Crippen LogP contribution in [0.4, 0.5) is 0 Å². The van der Waals surface area contributed by atoms with Gasteiger partial charge in [-0.15, -0.1) is 24.3 Å². The largest absolute Gasteiger partial charge is 0.590 e. The molecule has 8 N–H and O–H groups in total. The van der Waals surface area contributed by atoms with Crippen molar-refractivity contribution in [3.05, 3.63) is 132 Å². The second-order valence-electron chi connectivity index (χ2n) is 8.22. The minimum atomic E-state index is -0.379. The average Bonchev–Trinajstić information content (AvgIpc) is 2.93. The second kappa shape index (κ2) is 19.7. The van der Waals surface area contributed by atoms with E-state index >= 15 is 0 Å². The summed E-state index contributed by atoms with van der Waals surface area (Å²) in [5, 5.41) is 13.4. The fourth-order valence-corrected chi connectivity index (χ4v) is 3.10. The Morgan fingerprint density at radius 1 is 0.683 bits per heavy atom. The molecule has 0 heterocycles. The van der Waals surface area contributed by atoms with Crippen LogP contribution in [0.2, 0.25) is 0 Å². The monoisotopic (exact) mass is 596 g/mol. The molecule has 0 aromatic heterocycles. The predicted molar refractivity (Wildman–Crippen MR) is 160 cm³/mol. The van der Waals surface area contributed by atoms with Crippen molar-refractivity contribution in [3.8, 4) is 0 Å². The van der Waals surface area contributed by atoms with Gasteiger partial charge in [-0.1, -0.05) is 65.7 Å². The van der Waals surface area contributed by atoms with E-state index in [1.807, 2.05) is 36.4 Å². The number of Topliss-reactive ketones (excluding diaryl/α,β-unsaturated/α-hetero) is 1. The Morgan fingerprint density at radius 2 is 1.02 bits per heavy atom. The molecule has 0 saturated carbocycles. The topological polar surface area (TPSA) is 166 Å². The Hall–Kier alpha value is -4.37. The molecule has 4 rings (SSSR count). The Bertz CT molecular complexity index is 1300. The number of benzene rings is 3. The van der Waals surface area contributed by atoms with Gasteiger partial charge in [0, 0.05) is 53.6 Å². The van der Waals surface area contributed by atoms with E-state index in [4.69, 9.17) is 19.8 Å². The molecule has 0 amide bonds. The quantitative estimate of drug-likeness (QED) is 0.140. The zero-order chi connectivity index (χ0) is 30.1. The van der Waals surface area contributed by atoms with E-state index in [0.717, 1.165) is 6.08 Å². The standard InChI is InChI=1S/C10H6O3.2C10H9O2.C2H6O.Ti/c11-8-5-9(12)10(13)7-4-2-1-3-6(7)8;2*1-8(11)7-10(12)9-5-3-2-4-6-9;1-2-3;/h1-5,12H;2*2-7H,1H3;3H,2H2,1H3;/q;2*-1;;/p+6. The molecule has 0 spiro atoms. The molecular formula is C32H36O8Ti+4. The first kappa shape index (κ1) is 36.6. The minimum absolute atomic E-state index is 0. The van der Waals surface area contributed by atoms with E-state index in [1.54, 1.807) is 55.5 Å². The van der Waals surface area contributed by atoms with Crippen molar-refractivity contribution >= 4 is 34.7 Å². The molecular weight excluding hydrogens is 560 g/mol. The van der Waals surface area contributed by atoms with Crippen molar-refractivity contribution in [1.82, 2.24) is 0 Å². The van der Waals surface area contributed by atoms with Gasteiger partial charge in [-0.25, -0.2) is 0 Å². The molecule has 0 saturated heterocycles. The molecule has 1 aliphatic rings. The summed E-state index contributed by atoms with van der Waals surface area (Å²) in [4.78, 5) is 59.1. The van der Waals surface area contributed by atoms with E-state index in [0.29, 0.717) is 28.9 Å². The normalized spacial score (nSPS) is 10.6. The summed E-state index contributed by atoms with van der Waals surface area (Å²) in [7, 11) is 0. The van der Waals surface area contributed by atoms with Crippen LogP contribution >= 0.6 is 0 Å². The summed E-state index contributed by atoms with van der Waals surface area (Å²) in [6, 6.07) is 24.7. The molecule has 41 heavy (non-hydrogen) atoms. The Balaban J connectivity index is 0.000000552. The number of hydrogen-bond acceptors (Lipinski definition) is 2. The van der Waals surface area contributed by atoms with E-state index in [2.05, 4.69) is 0 Å². The molecule has 0 radical (unpaired) electrons. The second-order valence-corrected chi connectivity index (χ2v) is 8.22. The number of carbonyl (C=O) groups is 2. The maximum Gasteiger partial charge on any atom is 0.306 e. The van der Waals surface area contributed by atoms with Crippen LogP contribution in [0.1, 0.15) is 52.6 Å². The summed E-state index contributed by atoms with van der Waals surface area (Å²) in [5.41, 5.74) is 2.13. The molecule has 0 aliphatic heterocycles. The van der Waals surface area contributed by atoms with Gasteiger partial charge in [-0.2, -0.15) is 0 Å². The van der Waals surface area contributed by atoms with Crippen LogP contribution in [-0.4, -0.2) is 70.7 Å². The third-order valence-corrected chi connectivity index (χ3v) is 4.79. The zero-order valence-corrected chi connectivity index (χ0v) is 24.7. The van der Waals surface area contributed by atoms with E-state index in [9.17, 15) is 19.2 Å². The van der Waals surface area contributed by atoms with Gasteiger partial charge < -0.3 is 19.8 Å². The smallest absolute Gasteiger partial charge is 0.306 e. The molecule has 0 fully saturated rings. The maximum atomic E-state index is 11.4. The van der Waals surface area contributed by atoms with Gasteiger partial charge in [0.15, 0.2) is 5.78 Å². The first-order valence-corrected chi connectivity index (χ1v) is 12.2. The van der Waals surface area contributed by atoms with Gasteiger partial charge in [-0.3, -0.25) is 19.2 Å². The molecule has 1 aliphatic carbocycles. The number of hydrogen-bond donors (Lipinski definition) is 0. The van der Waals surface area contributed by atoms with Gasteiger partial charge in [0.05, 0.1) is 6.08 Å². The fraction of sp³-hybridized carbons (Fsp3) is 0.125. The van der Waals surface area contributed by atoms with Crippen LogP contribution in [0.5, 0.6) is 0 Å². The van der Waals surface area contributed by atoms with Crippen LogP contribution < -0.4 is 0 Å². The van der Waals surface area contributed by atoms with Crippen molar-refractivity contribution in [2.24, 2.45) is 0 Å². The molecule has 0 bridgehead atoms. The maximum absolute atomic E-state index is 11.4. The minimum Gasteiger partial charge on any atom is -0.590 e.